The number of pyridine rings is 1. The van der Waals surface area contributed by atoms with Crippen LogP contribution in [-0.4, -0.2) is 43.9 Å². The molecule has 1 aliphatic carbocycles. The van der Waals surface area contributed by atoms with E-state index in [-0.39, 0.29) is 5.91 Å². The first-order valence-corrected chi connectivity index (χ1v) is 8.06. The highest BCUT2D eigenvalue weighted by Gasteiger charge is 2.39. The Labute approximate surface area is 137 Å². The molecule has 0 radical (unpaired) electrons. The predicted molar refractivity (Wildman–Crippen MR) is 87.8 cm³/mol. The van der Waals surface area contributed by atoms with Crippen molar-refractivity contribution in [2.45, 2.75) is 44.6 Å². The minimum atomic E-state index is -0.709. The van der Waals surface area contributed by atoms with Crippen LogP contribution >= 0.6 is 0 Å². The summed E-state index contributed by atoms with van der Waals surface area (Å²) in [4.78, 5) is 16.9. The summed E-state index contributed by atoms with van der Waals surface area (Å²) in [5, 5.41) is 2.93. The minimum absolute atomic E-state index is 0.0889. The van der Waals surface area contributed by atoms with Crippen LogP contribution in [0, 0.1) is 6.92 Å². The van der Waals surface area contributed by atoms with E-state index in [1.807, 2.05) is 13.0 Å². The number of carbonyl (C=O) groups excluding carboxylic acids is 1. The van der Waals surface area contributed by atoms with Gasteiger partial charge in [-0.05, 0) is 25.8 Å². The maximum absolute atomic E-state index is 12.6. The zero-order valence-electron chi connectivity index (χ0n) is 14.2. The van der Waals surface area contributed by atoms with E-state index < -0.39 is 5.60 Å². The number of anilines is 1. The van der Waals surface area contributed by atoms with E-state index in [1.54, 1.807) is 20.4 Å². The summed E-state index contributed by atoms with van der Waals surface area (Å²) in [6.45, 7) is 2.86. The number of ether oxygens (including phenoxy) is 3. The quantitative estimate of drug-likeness (QED) is 0.782. The Hall–Kier alpha value is -1.66. The number of rotatable bonds is 7. The number of nitrogens with one attached hydrogen (secondary N) is 1. The van der Waals surface area contributed by atoms with Crippen LogP contribution in [0.3, 0.4) is 0 Å². The van der Waals surface area contributed by atoms with Gasteiger partial charge in [-0.2, -0.15) is 0 Å². The van der Waals surface area contributed by atoms with Crippen LogP contribution in [0.15, 0.2) is 12.3 Å². The molecule has 1 amide bonds. The molecule has 1 saturated carbocycles. The van der Waals surface area contributed by atoms with Gasteiger partial charge in [-0.25, -0.2) is 4.98 Å². The van der Waals surface area contributed by atoms with Gasteiger partial charge in [-0.1, -0.05) is 19.3 Å². The van der Waals surface area contributed by atoms with Crippen molar-refractivity contribution in [1.82, 2.24) is 4.98 Å². The van der Waals surface area contributed by atoms with Crippen molar-refractivity contribution >= 4 is 11.6 Å². The summed E-state index contributed by atoms with van der Waals surface area (Å²) >= 11 is 0. The molecule has 2 rings (SSSR count). The number of carbonyl (C=O) groups is 1. The molecule has 1 heterocycles. The van der Waals surface area contributed by atoms with Gasteiger partial charge in [-0.15, -0.1) is 0 Å². The zero-order chi connectivity index (χ0) is 16.7. The lowest BCUT2D eigenvalue weighted by Crippen LogP contribution is -2.46. The first kappa shape index (κ1) is 17.7. The van der Waals surface area contributed by atoms with Gasteiger partial charge < -0.3 is 19.5 Å². The second-order valence-corrected chi connectivity index (χ2v) is 5.90. The molecular formula is C17H26N2O4. The number of aryl methyl sites for hydroxylation is 1. The van der Waals surface area contributed by atoms with Crippen molar-refractivity contribution in [2.24, 2.45) is 0 Å². The average molecular weight is 322 g/mol. The first-order valence-electron chi connectivity index (χ1n) is 8.06. The second kappa shape index (κ2) is 8.26. The number of methoxy groups -OCH3 is 2. The minimum Gasteiger partial charge on any atom is -0.475 e. The van der Waals surface area contributed by atoms with E-state index in [4.69, 9.17) is 14.2 Å². The number of amides is 1. The second-order valence-electron chi connectivity index (χ2n) is 5.90. The van der Waals surface area contributed by atoms with Crippen LogP contribution in [-0.2, 0) is 14.3 Å². The Morgan fingerprint density at radius 1 is 1.26 bits per heavy atom. The van der Waals surface area contributed by atoms with Crippen molar-refractivity contribution in [2.75, 3.05) is 32.8 Å². The number of hydrogen-bond donors (Lipinski definition) is 1. The number of hydrogen-bond acceptors (Lipinski definition) is 5. The van der Waals surface area contributed by atoms with Crippen LogP contribution in [0.2, 0.25) is 0 Å². The smallest absolute Gasteiger partial charge is 0.256 e. The predicted octanol–water partition coefficient (Wildman–Crippen LogP) is 2.70. The molecule has 0 atom stereocenters. The topological polar surface area (TPSA) is 69.7 Å². The molecule has 6 heteroatoms. The highest BCUT2D eigenvalue weighted by molar-refractivity contribution is 5.97. The highest BCUT2D eigenvalue weighted by Crippen LogP contribution is 2.32. The Kier molecular flexibility index (Phi) is 6.36. The fourth-order valence-electron chi connectivity index (χ4n) is 2.90. The molecule has 1 N–H and O–H groups in total. The Morgan fingerprint density at radius 2 is 2.00 bits per heavy atom. The maximum atomic E-state index is 12.6. The van der Waals surface area contributed by atoms with Gasteiger partial charge in [0, 0.05) is 19.8 Å². The van der Waals surface area contributed by atoms with E-state index in [0.29, 0.717) is 24.8 Å². The van der Waals surface area contributed by atoms with Crippen LogP contribution < -0.4 is 10.1 Å². The molecule has 0 bridgehead atoms. The summed E-state index contributed by atoms with van der Waals surface area (Å²) in [5.74, 6) is 0.466. The highest BCUT2D eigenvalue weighted by atomic mass is 16.5. The monoisotopic (exact) mass is 322 g/mol. The molecule has 1 aliphatic rings. The van der Waals surface area contributed by atoms with Gasteiger partial charge in [0.25, 0.3) is 5.91 Å². The van der Waals surface area contributed by atoms with E-state index in [2.05, 4.69) is 10.3 Å². The standard InChI is InChI=1S/C17H26N2O4/c1-13-11-14(12-18-15(13)23-10-9-21-2)19-16(20)17(22-3)7-5-4-6-8-17/h11-12H,4-10H2,1-3H3,(H,19,20). The van der Waals surface area contributed by atoms with E-state index in [0.717, 1.165) is 37.7 Å². The van der Waals surface area contributed by atoms with Crippen molar-refractivity contribution in [1.29, 1.82) is 0 Å². The molecule has 1 aromatic heterocycles. The van der Waals surface area contributed by atoms with Crippen molar-refractivity contribution in [3.05, 3.63) is 17.8 Å². The molecule has 0 aliphatic heterocycles. The Balaban J connectivity index is 2.01. The van der Waals surface area contributed by atoms with Gasteiger partial charge in [0.1, 0.15) is 12.2 Å². The average Bonchev–Trinajstić information content (AvgIpc) is 2.57. The SMILES string of the molecule is COCCOc1ncc(NC(=O)C2(OC)CCCCC2)cc1C. The first-order chi connectivity index (χ1) is 11.1. The lowest BCUT2D eigenvalue weighted by atomic mass is 9.84. The fraction of sp³-hybridized carbons (Fsp3) is 0.647. The fourth-order valence-corrected chi connectivity index (χ4v) is 2.90. The Bertz CT molecular complexity index is 527. The van der Waals surface area contributed by atoms with E-state index >= 15 is 0 Å². The summed E-state index contributed by atoms with van der Waals surface area (Å²) in [7, 11) is 3.24. The molecule has 1 fully saturated rings. The summed E-state index contributed by atoms with van der Waals surface area (Å²) in [6, 6.07) is 1.86. The Morgan fingerprint density at radius 3 is 2.61 bits per heavy atom. The molecular weight excluding hydrogens is 296 g/mol. The van der Waals surface area contributed by atoms with Gasteiger partial charge in [-0.3, -0.25) is 4.79 Å². The largest absolute Gasteiger partial charge is 0.475 e. The molecule has 128 valence electrons. The maximum Gasteiger partial charge on any atom is 0.256 e. The molecule has 0 aromatic carbocycles. The van der Waals surface area contributed by atoms with Crippen LogP contribution in [0.5, 0.6) is 5.88 Å². The lowest BCUT2D eigenvalue weighted by Gasteiger charge is -2.34. The van der Waals surface area contributed by atoms with Crippen molar-refractivity contribution < 1.29 is 19.0 Å². The lowest BCUT2D eigenvalue weighted by molar-refractivity contribution is -0.141. The van der Waals surface area contributed by atoms with Crippen LogP contribution in [0.4, 0.5) is 5.69 Å². The molecule has 0 spiro atoms. The third-order valence-electron chi connectivity index (χ3n) is 4.28. The van der Waals surface area contributed by atoms with Crippen LogP contribution in [0.25, 0.3) is 0 Å². The summed E-state index contributed by atoms with van der Waals surface area (Å²) in [5.41, 5.74) is 0.822. The third-order valence-corrected chi connectivity index (χ3v) is 4.28. The number of aromatic nitrogens is 1. The van der Waals surface area contributed by atoms with E-state index in [9.17, 15) is 4.79 Å². The van der Waals surface area contributed by atoms with Crippen LogP contribution in [0.1, 0.15) is 37.7 Å². The number of nitrogens with zero attached hydrogens (tertiary/aromatic N) is 1. The normalized spacial score (nSPS) is 16.8. The van der Waals surface area contributed by atoms with Gasteiger partial charge >= 0.3 is 0 Å². The molecule has 23 heavy (non-hydrogen) atoms. The van der Waals surface area contributed by atoms with Gasteiger partial charge in [0.2, 0.25) is 5.88 Å². The zero-order valence-corrected chi connectivity index (χ0v) is 14.2. The van der Waals surface area contributed by atoms with E-state index in [1.165, 1.54) is 0 Å². The third kappa shape index (κ3) is 4.42. The van der Waals surface area contributed by atoms with Gasteiger partial charge in [0.05, 0.1) is 18.5 Å². The van der Waals surface area contributed by atoms with Crippen molar-refractivity contribution in [3.63, 3.8) is 0 Å². The molecule has 1 aromatic rings. The van der Waals surface area contributed by atoms with Crippen molar-refractivity contribution in [3.8, 4) is 5.88 Å². The van der Waals surface area contributed by atoms with Gasteiger partial charge in [0.15, 0.2) is 0 Å². The summed E-state index contributed by atoms with van der Waals surface area (Å²) in [6.07, 6.45) is 6.33. The summed E-state index contributed by atoms with van der Waals surface area (Å²) < 4.78 is 16.0. The molecule has 6 nitrogen and oxygen atoms in total. The molecule has 0 saturated heterocycles. The molecule has 0 unspecified atom stereocenters.